The van der Waals surface area contributed by atoms with Crippen molar-refractivity contribution in [1.82, 2.24) is 4.98 Å². The van der Waals surface area contributed by atoms with E-state index in [0.29, 0.717) is 0 Å². The van der Waals surface area contributed by atoms with Gasteiger partial charge in [-0.05, 0) is 72.4 Å². The molecule has 4 rings (SSSR count). The largest absolute Gasteiger partial charge is 0.496 e. The van der Waals surface area contributed by atoms with Gasteiger partial charge in [-0.15, -0.1) is 0 Å². The van der Waals surface area contributed by atoms with E-state index in [9.17, 15) is 0 Å². The van der Waals surface area contributed by atoms with Crippen molar-refractivity contribution in [2.24, 2.45) is 4.99 Å². The van der Waals surface area contributed by atoms with Gasteiger partial charge in [0.05, 0.1) is 12.8 Å². The third-order valence-corrected chi connectivity index (χ3v) is 5.11. The minimum atomic E-state index is 0.874. The second-order valence-electron chi connectivity index (χ2n) is 7.02. The lowest BCUT2D eigenvalue weighted by Gasteiger charge is -2.17. The Labute approximate surface area is 166 Å². The minimum Gasteiger partial charge on any atom is -0.496 e. The summed E-state index contributed by atoms with van der Waals surface area (Å²) in [5.41, 5.74) is 8.12. The van der Waals surface area contributed by atoms with E-state index in [1.807, 2.05) is 12.3 Å². The highest BCUT2D eigenvalue weighted by Gasteiger charge is 2.15. The molecule has 0 atom stereocenters. The number of benzene rings is 2. The number of aliphatic imine (C=N–C) groups is 1. The van der Waals surface area contributed by atoms with E-state index in [0.717, 1.165) is 47.5 Å². The molecule has 0 N–H and O–H groups in total. The van der Waals surface area contributed by atoms with Crippen molar-refractivity contribution in [2.75, 3.05) is 13.7 Å². The Balaban J connectivity index is 1.77. The van der Waals surface area contributed by atoms with E-state index in [1.165, 1.54) is 16.7 Å². The number of pyridine rings is 1. The first-order valence-electron chi connectivity index (χ1n) is 9.66. The molecule has 0 saturated carbocycles. The average Bonchev–Trinajstić information content (AvgIpc) is 2.75. The number of hydrogen-bond acceptors (Lipinski definition) is 3. The molecule has 2 aromatic carbocycles. The highest BCUT2D eigenvalue weighted by molar-refractivity contribution is 6.15. The van der Waals surface area contributed by atoms with Crippen LogP contribution in [0.3, 0.4) is 0 Å². The van der Waals surface area contributed by atoms with Crippen LogP contribution in [0, 0.1) is 6.92 Å². The molecule has 3 nitrogen and oxygen atoms in total. The van der Waals surface area contributed by atoms with Crippen LogP contribution in [0.15, 0.2) is 77.6 Å². The average molecular weight is 368 g/mol. The topological polar surface area (TPSA) is 34.5 Å². The highest BCUT2D eigenvalue weighted by Crippen LogP contribution is 2.34. The number of allylic oxidation sites excluding steroid dienone is 1. The van der Waals surface area contributed by atoms with Gasteiger partial charge in [-0.25, -0.2) is 0 Å². The summed E-state index contributed by atoms with van der Waals surface area (Å²) in [5, 5.41) is 0. The monoisotopic (exact) mass is 368 g/mol. The molecule has 28 heavy (non-hydrogen) atoms. The molecule has 0 amide bonds. The molecule has 0 unspecified atom stereocenters. The van der Waals surface area contributed by atoms with Gasteiger partial charge in [-0.2, -0.15) is 0 Å². The van der Waals surface area contributed by atoms with Gasteiger partial charge in [0.15, 0.2) is 0 Å². The number of aromatic nitrogens is 1. The van der Waals surface area contributed by atoms with Gasteiger partial charge in [0.1, 0.15) is 5.75 Å². The zero-order valence-electron chi connectivity index (χ0n) is 16.4. The lowest BCUT2D eigenvalue weighted by Crippen LogP contribution is -2.11. The molecule has 1 aromatic heterocycles. The smallest absolute Gasteiger partial charge is 0.126 e. The van der Waals surface area contributed by atoms with Gasteiger partial charge in [0.2, 0.25) is 0 Å². The Kier molecular flexibility index (Phi) is 5.34. The Morgan fingerprint density at radius 1 is 1.00 bits per heavy atom. The first-order chi connectivity index (χ1) is 13.8. The highest BCUT2D eigenvalue weighted by atomic mass is 16.5. The van der Waals surface area contributed by atoms with Gasteiger partial charge >= 0.3 is 0 Å². The van der Waals surface area contributed by atoms with Gasteiger partial charge in [-0.1, -0.05) is 30.3 Å². The Hall–Kier alpha value is -3.20. The van der Waals surface area contributed by atoms with Crippen molar-refractivity contribution < 1.29 is 4.74 Å². The molecule has 140 valence electrons. The van der Waals surface area contributed by atoms with Crippen LogP contribution in [0.2, 0.25) is 0 Å². The molecular formula is C25H24N2O. The molecule has 1 aliphatic rings. The molecule has 0 radical (unpaired) electrons. The fourth-order valence-corrected chi connectivity index (χ4v) is 3.70. The van der Waals surface area contributed by atoms with Crippen LogP contribution in [-0.2, 0) is 0 Å². The molecule has 0 spiro atoms. The Morgan fingerprint density at radius 3 is 2.68 bits per heavy atom. The third-order valence-electron chi connectivity index (χ3n) is 5.11. The van der Waals surface area contributed by atoms with Crippen molar-refractivity contribution in [3.63, 3.8) is 0 Å². The molecule has 0 bridgehead atoms. The van der Waals surface area contributed by atoms with E-state index in [4.69, 9.17) is 9.73 Å². The number of methoxy groups -OCH3 is 1. The van der Waals surface area contributed by atoms with Crippen LogP contribution in [0.1, 0.15) is 29.5 Å². The van der Waals surface area contributed by atoms with Crippen molar-refractivity contribution >= 4 is 11.8 Å². The molecule has 1 aliphatic heterocycles. The summed E-state index contributed by atoms with van der Waals surface area (Å²) < 4.78 is 5.64. The van der Waals surface area contributed by atoms with Crippen molar-refractivity contribution in [1.29, 1.82) is 0 Å². The summed E-state index contributed by atoms with van der Waals surface area (Å²) in [6.07, 6.45) is 8.06. The van der Waals surface area contributed by atoms with Crippen LogP contribution >= 0.6 is 0 Å². The second kappa shape index (κ2) is 8.22. The Bertz CT molecular complexity index is 1040. The summed E-state index contributed by atoms with van der Waals surface area (Å²) in [4.78, 5) is 9.05. The van der Waals surface area contributed by atoms with Crippen molar-refractivity contribution in [3.8, 4) is 16.9 Å². The summed E-state index contributed by atoms with van der Waals surface area (Å²) in [6, 6.07) is 18.8. The third kappa shape index (κ3) is 3.74. The molecule has 3 heteroatoms. The number of ether oxygens (including phenoxy) is 1. The molecule has 3 aromatic rings. The maximum atomic E-state index is 5.64. The molecule has 0 aliphatic carbocycles. The van der Waals surface area contributed by atoms with Crippen LogP contribution in [0.4, 0.5) is 0 Å². The van der Waals surface area contributed by atoms with Crippen LogP contribution in [-0.4, -0.2) is 24.4 Å². The zero-order chi connectivity index (χ0) is 19.3. The predicted octanol–water partition coefficient (Wildman–Crippen LogP) is 5.73. The first kappa shape index (κ1) is 18.2. The molecule has 0 saturated heterocycles. The normalized spacial score (nSPS) is 15.4. The maximum Gasteiger partial charge on any atom is 0.126 e. The van der Waals surface area contributed by atoms with Crippen LogP contribution in [0.25, 0.3) is 17.2 Å². The number of nitrogens with zero attached hydrogens (tertiary/aromatic N) is 2. The van der Waals surface area contributed by atoms with E-state index in [1.54, 1.807) is 13.3 Å². The SMILES string of the molecule is COc1ccc(C=C2CCCN=C2c2cccnc2)cc1-c1ccccc1C. The minimum absolute atomic E-state index is 0.874. The lowest BCUT2D eigenvalue weighted by atomic mass is 9.93. The van der Waals surface area contributed by atoms with Gasteiger partial charge < -0.3 is 4.74 Å². The van der Waals surface area contributed by atoms with Gasteiger partial charge in [0.25, 0.3) is 0 Å². The van der Waals surface area contributed by atoms with E-state index in [-0.39, 0.29) is 0 Å². The summed E-state index contributed by atoms with van der Waals surface area (Å²) in [6.45, 7) is 3.01. The quantitative estimate of drug-likeness (QED) is 0.589. The Morgan fingerprint density at radius 2 is 1.89 bits per heavy atom. The molecular weight excluding hydrogens is 344 g/mol. The summed E-state index contributed by atoms with van der Waals surface area (Å²) in [5.74, 6) is 0.890. The fraction of sp³-hybridized carbons (Fsp3) is 0.200. The maximum absolute atomic E-state index is 5.64. The van der Waals surface area contributed by atoms with E-state index in [2.05, 4.69) is 66.5 Å². The van der Waals surface area contributed by atoms with Gasteiger partial charge in [0, 0.05) is 30.1 Å². The summed E-state index contributed by atoms with van der Waals surface area (Å²) >= 11 is 0. The van der Waals surface area contributed by atoms with Gasteiger partial charge in [-0.3, -0.25) is 9.98 Å². The van der Waals surface area contributed by atoms with E-state index >= 15 is 0 Å². The second-order valence-corrected chi connectivity index (χ2v) is 7.02. The number of aryl methyl sites for hydroxylation is 1. The fourth-order valence-electron chi connectivity index (χ4n) is 3.70. The number of hydrogen-bond donors (Lipinski definition) is 0. The van der Waals surface area contributed by atoms with Crippen LogP contribution < -0.4 is 4.74 Å². The summed E-state index contributed by atoms with van der Waals surface area (Å²) in [7, 11) is 1.73. The molecule has 2 heterocycles. The standard InChI is InChI=1S/C25H24N2O/c1-18-7-3-4-10-22(18)23-16-19(11-12-24(23)28-2)15-20-8-6-14-27-25(20)21-9-5-13-26-17-21/h3-5,7,9-13,15-17H,6,8,14H2,1-2H3. The van der Waals surface area contributed by atoms with Crippen molar-refractivity contribution in [2.45, 2.75) is 19.8 Å². The molecule has 0 fully saturated rings. The van der Waals surface area contributed by atoms with E-state index < -0.39 is 0 Å². The first-order valence-corrected chi connectivity index (χ1v) is 9.66. The predicted molar refractivity (Wildman–Crippen MR) is 116 cm³/mol. The zero-order valence-corrected chi connectivity index (χ0v) is 16.4. The lowest BCUT2D eigenvalue weighted by molar-refractivity contribution is 0.416. The van der Waals surface area contributed by atoms with Crippen molar-refractivity contribution in [3.05, 3.63) is 89.3 Å². The number of rotatable bonds is 4. The van der Waals surface area contributed by atoms with Crippen LogP contribution in [0.5, 0.6) is 5.75 Å².